The van der Waals surface area contributed by atoms with Crippen molar-refractivity contribution in [1.82, 2.24) is 10.2 Å². The highest BCUT2D eigenvalue weighted by molar-refractivity contribution is 7.92. The first kappa shape index (κ1) is 22.3. The zero-order valence-corrected chi connectivity index (χ0v) is 18.7. The van der Waals surface area contributed by atoms with Gasteiger partial charge in [0.15, 0.2) is 0 Å². The zero-order valence-electron chi connectivity index (χ0n) is 17.9. The van der Waals surface area contributed by atoms with Crippen LogP contribution in [0.3, 0.4) is 0 Å². The highest BCUT2D eigenvalue weighted by atomic mass is 32.2. The van der Waals surface area contributed by atoms with Crippen LogP contribution in [-0.4, -0.2) is 51.9 Å². The standard InChI is InChI=1S/C23H31N3O3S/c1-18(2)19-9-11-21(12-10-19)26(30(28,29)22-7-5-4-6-8-22)17-23(27)24-20-13-15-25(3)16-14-20/h4-12,18,20H,13-17H2,1-3H3,(H,24,27). The Kier molecular flexibility index (Phi) is 7.15. The molecule has 6 nitrogen and oxygen atoms in total. The van der Waals surface area contributed by atoms with E-state index < -0.39 is 10.0 Å². The monoisotopic (exact) mass is 429 g/mol. The van der Waals surface area contributed by atoms with Crippen LogP contribution in [0.1, 0.15) is 38.2 Å². The Balaban J connectivity index is 1.85. The molecular weight excluding hydrogens is 398 g/mol. The summed E-state index contributed by atoms with van der Waals surface area (Å²) < 4.78 is 27.9. The topological polar surface area (TPSA) is 69.7 Å². The lowest BCUT2D eigenvalue weighted by Crippen LogP contribution is -2.47. The molecular formula is C23H31N3O3S. The van der Waals surface area contributed by atoms with Gasteiger partial charge in [0.25, 0.3) is 10.0 Å². The van der Waals surface area contributed by atoms with Crippen LogP contribution in [0.15, 0.2) is 59.5 Å². The molecule has 2 aromatic rings. The fourth-order valence-electron chi connectivity index (χ4n) is 3.62. The van der Waals surface area contributed by atoms with E-state index in [0.29, 0.717) is 11.6 Å². The summed E-state index contributed by atoms with van der Waals surface area (Å²) in [7, 11) is -1.81. The number of nitrogens with one attached hydrogen (secondary N) is 1. The molecule has 1 amide bonds. The largest absolute Gasteiger partial charge is 0.352 e. The van der Waals surface area contributed by atoms with Gasteiger partial charge in [-0.1, -0.05) is 44.2 Å². The van der Waals surface area contributed by atoms with Crippen LogP contribution in [0.2, 0.25) is 0 Å². The Morgan fingerprint density at radius 2 is 1.67 bits per heavy atom. The normalized spacial score (nSPS) is 15.9. The molecule has 0 radical (unpaired) electrons. The van der Waals surface area contributed by atoms with E-state index in [1.807, 2.05) is 12.1 Å². The number of carbonyl (C=O) groups is 1. The van der Waals surface area contributed by atoms with Crippen LogP contribution in [0.4, 0.5) is 5.69 Å². The number of anilines is 1. The molecule has 2 aromatic carbocycles. The summed E-state index contributed by atoms with van der Waals surface area (Å²) in [6.45, 7) is 5.77. The highest BCUT2D eigenvalue weighted by Gasteiger charge is 2.28. The van der Waals surface area contributed by atoms with E-state index in [-0.39, 0.29) is 23.4 Å². The first-order chi connectivity index (χ1) is 14.3. The summed E-state index contributed by atoms with van der Waals surface area (Å²) in [5.74, 6) is 0.0583. The van der Waals surface area contributed by atoms with Crippen LogP contribution < -0.4 is 9.62 Å². The van der Waals surface area contributed by atoms with Crippen molar-refractivity contribution < 1.29 is 13.2 Å². The average Bonchev–Trinajstić information content (AvgIpc) is 2.74. The van der Waals surface area contributed by atoms with Crippen molar-refractivity contribution in [2.75, 3.05) is 31.0 Å². The van der Waals surface area contributed by atoms with Gasteiger partial charge in [-0.2, -0.15) is 0 Å². The summed E-state index contributed by atoms with van der Waals surface area (Å²) in [6, 6.07) is 15.7. The van der Waals surface area contributed by atoms with Gasteiger partial charge in [0.1, 0.15) is 6.54 Å². The maximum absolute atomic E-state index is 13.4. The number of hydrogen-bond donors (Lipinski definition) is 1. The molecule has 0 unspecified atom stereocenters. The Morgan fingerprint density at radius 1 is 1.07 bits per heavy atom. The third-order valence-corrected chi connectivity index (χ3v) is 7.34. The molecule has 0 atom stereocenters. The third kappa shape index (κ3) is 5.40. The smallest absolute Gasteiger partial charge is 0.264 e. The molecule has 0 bridgehead atoms. The summed E-state index contributed by atoms with van der Waals surface area (Å²) in [4.78, 5) is 15.2. The molecule has 1 aliphatic heterocycles. The minimum absolute atomic E-state index is 0.0818. The van der Waals surface area contributed by atoms with E-state index >= 15 is 0 Å². The second kappa shape index (κ2) is 9.62. The van der Waals surface area contributed by atoms with Crippen LogP contribution in [-0.2, 0) is 14.8 Å². The van der Waals surface area contributed by atoms with Gasteiger partial charge < -0.3 is 10.2 Å². The number of carbonyl (C=O) groups excluding carboxylic acids is 1. The van der Waals surface area contributed by atoms with Gasteiger partial charge >= 0.3 is 0 Å². The summed E-state index contributed by atoms with van der Waals surface area (Å²) in [5.41, 5.74) is 1.60. The fourth-order valence-corrected chi connectivity index (χ4v) is 5.06. The third-order valence-electron chi connectivity index (χ3n) is 5.55. The molecule has 30 heavy (non-hydrogen) atoms. The second-order valence-corrected chi connectivity index (χ2v) is 10.1. The number of benzene rings is 2. The van der Waals surface area contributed by atoms with E-state index in [4.69, 9.17) is 0 Å². The van der Waals surface area contributed by atoms with Gasteiger partial charge in [-0.3, -0.25) is 9.10 Å². The van der Waals surface area contributed by atoms with Crippen LogP contribution in [0.5, 0.6) is 0 Å². The van der Waals surface area contributed by atoms with Crippen LogP contribution in [0.25, 0.3) is 0 Å². The Morgan fingerprint density at radius 3 is 2.23 bits per heavy atom. The zero-order chi connectivity index (χ0) is 21.7. The lowest BCUT2D eigenvalue weighted by molar-refractivity contribution is -0.120. The molecule has 1 fully saturated rings. The molecule has 1 heterocycles. The SMILES string of the molecule is CC(C)c1ccc(N(CC(=O)NC2CCN(C)CC2)S(=O)(=O)c2ccccc2)cc1. The second-order valence-electron chi connectivity index (χ2n) is 8.22. The fraction of sp³-hybridized carbons (Fsp3) is 0.435. The number of nitrogens with zero attached hydrogens (tertiary/aromatic N) is 2. The Bertz CT molecular complexity index is 935. The lowest BCUT2D eigenvalue weighted by atomic mass is 10.0. The van der Waals surface area contributed by atoms with Crippen molar-refractivity contribution >= 4 is 21.6 Å². The van der Waals surface area contributed by atoms with E-state index in [1.165, 1.54) is 4.31 Å². The molecule has 162 valence electrons. The molecule has 7 heteroatoms. The first-order valence-corrected chi connectivity index (χ1v) is 11.9. The number of likely N-dealkylation sites (tertiary alicyclic amines) is 1. The lowest BCUT2D eigenvalue weighted by Gasteiger charge is -2.30. The maximum atomic E-state index is 13.4. The quantitative estimate of drug-likeness (QED) is 0.734. The molecule has 0 saturated carbocycles. The van der Waals surface area contributed by atoms with Crippen LogP contribution in [0, 0.1) is 0 Å². The summed E-state index contributed by atoms with van der Waals surface area (Å²) >= 11 is 0. The van der Waals surface area contributed by atoms with Crippen molar-refractivity contribution in [3.63, 3.8) is 0 Å². The van der Waals surface area contributed by atoms with E-state index in [2.05, 4.69) is 31.1 Å². The minimum atomic E-state index is -3.87. The minimum Gasteiger partial charge on any atom is -0.352 e. The summed E-state index contributed by atoms with van der Waals surface area (Å²) in [6.07, 6.45) is 1.74. The maximum Gasteiger partial charge on any atom is 0.264 e. The average molecular weight is 430 g/mol. The summed E-state index contributed by atoms with van der Waals surface area (Å²) in [5, 5.41) is 3.02. The van der Waals surface area contributed by atoms with Gasteiger partial charge in [0.05, 0.1) is 10.6 Å². The van der Waals surface area contributed by atoms with Gasteiger partial charge in [0.2, 0.25) is 5.91 Å². The molecule has 1 aliphatic rings. The molecule has 0 aliphatic carbocycles. The molecule has 3 rings (SSSR count). The molecule has 1 N–H and O–H groups in total. The highest BCUT2D eigenvalue weighted by Crippen LogP contribution is 2.26. The molecule has 0 aromatic heterocycles. The number of amides is 1. The Labute approximate surface area is 179 Å². The van der Waals surface area contributed by atoms with Gasteiger partial charge in [0, 0.05) is 6.04 Å². The number of rotatable bonds is 7. The number of hydrogen-bond acceptors (Lipinski definition) is 4. The van der Waals surface area contributed by atoms with E-state index in [9.17, 15) is 13.2 Å². The predicted octanol–water partition coefficient (Wildman–Crippen LogP) is 3.22. The van der Waals surface area contributed by atoms with Gasteiger partial charge in [-0.25, -0.2) is 8.42 Å². The van der Waals surface area contributed by atoms with Crippen molar-refractivity contribution in [3.8, 4) is 0 Å². The van der Waals surface area contributed by atoms with Crippen LogP contribution >= 0.6 is 0 Å². The van der Waals surface area contributed by atoms with Crippen molar-refractivity contribution in [2.45, 2.75) is 43.5 Å². The van der Waals surface area contributed by atoms with E-state index in [0.717, 1.165) is 31.5 Å². The van der Waals surface area contributed by atoms with Gasteiger partial charge in [-0.05, 0) is 68.7 Å². The van der Waals surface area contributed by atoms with E-state index in [1.54, 1.807) is 42.5 Å². The predicted molar refractivity (Wildman–Crippen MR) is 120 cm³/mol. The van der Waals surface area contributed by atoms with Crippen molar-refractivity contribution in [1.29, 1.82) is 0 Å². The first-order valence-electron chi connectivity index (χ1n) is 10.4. The van der Waals surface area contributed by atoms with Gasteiger partial charge in [-0.15, -0.1) is 0 Å². The number of piperidine rings is 1. The molecule has 0 spiro atoms. The Hall–Kier alpha value is -2.38. The van der Waals surface area contributed by atoms with Crippen molar-refractivity contribution in [2.24, 2.45) is 0 Å². The number of sulfonamides is 1. The molecule has 1 saturated heterocycles. The van der Waals surface area contributed by atoms with Crippen molar-refractivity contribution in [3.05, 3.63) is 60.2 Å².